The van der Waals surface area contributed by atoms with Crippen molar-refractivity contribution in [1.82, 2.24) is 64.8 Å². The van der Waals surface area contributed by atoms with Crippen LogP contribution in [0.4, 0.5) is 34.1 Å². The van der Waals surface area contributed by atoms with Crippen LogP contribution < -0.4 is 29.7 Å². The minimum Gasteiger partial charge on any atom is -0.381 e. The highest BCUT2D eigenvalue weighted by atomic mass is 32.2. The van der Waals surface area contributed by atoms with Crippen LogP contribution in [0.3, 0.4) is 0 Å². The Morgan fingerprint density at radius 1 is 0.589 bits per heavy atom. The van der Waals surface area contributed by atoms with Crippen LogP contribution in [0, 0.1) is 31.1 Å². The van der Waals surface area contributed by atoms with Gasteiger partial charge in [0, 0.05) is 110 Å². The van der Waals surface area contributed by atoms with Crippen LogP contribution in [0.15, 0.2) is 155 Å². The van der Waals surface area contributed by atoms with Gasteiger partial charge in [-0.25, -0.2) is 25.3 Å². The van der Waals surface area contributed by atoms with Gasteiger partial charge in [-0.1, -0.05) is 82.2 Å². The van der Waals surface area contributed by atoms with Crippen molar-refractivity contribution in [2.45, 2.75) is 79.2 Å². The molecule has 0 spiro atoms. The van der Waals surface area contributed by atoms with Gasteiger partial charge >= 0.3 is 10.2 Å². The Labute approximate surface area is 620 Å². The van der Waals surface area contributed by atoms with Crippen molar-refractivity contribution in [3.63, 3.8) is 0 Å². The molecule has 107 heavy (non-hydrogen) atoms. The van der Waals surface area contributed by atoms with Crippen LogP contribution in [0.5, 0.6) is 0 Å². The number of hydrogen-bond donors (Lipinski definition) is 10. The average Bonchev–Trinajstić information content (AvgIpc) is 1.73. The summed E-state index contributed by atoms with van der Waals surface area (Å²) in [5, 5.41) is 48.1. The molecule has 0 aliphatic carbocycles. The van der Waals surface area contributed by atoms with E-state index in [9.17, 15) is 43.3 Å². The van der Waals surface area contributed by atoms with Gasteiger partial charge in [-0.2, -0.15) is 42.5 Å². The SMILES string of the molecule is CC(C)(C)CC(=O)Nc1cccc2[nH]ncc12.CC(C)CS(=O)(=O)Nc1cccc2[nH]ncc12.CN(C)S(=O)(=O)Nc1cccc2[nH]ncc12.CS(=O)(=O)N1CCN(c2cccc3[nH]ncc23)CC1.Cc1noc(C)c1S(=O)(=O)Nc1cccc2c1C=NC2.O=C(Nc1cccc2[nH]ncc12)C1CCOCC1. The topological polar surface area (TPSA) is 432 Å². The van der Waals surface area contributed by atoms with E-state index in [0.717, 1.165) is 99.9 Å². The Bertz CT molecular complexity index is 5550. The number of amides is 2. The fourth-order valence-corrected chi connectivity index (χ4v) is 16.1. The first kappa shape index (κ1) is 78.9. The first-order chi connectivity index (χ1) is 50.8. The van der Waals surface area contributed by atoms with Gasteiger partial charge in [0.25, 0.3) is 10.0 Å². The van der Waals surface area contributed by atoms with Crippen molar-refractivity contribution in [1.29, 1.82) is 0 Å². The van der Waals surface area contributed by atoms with Crippen LogP contribution in [-0.2, 0) is 61.1 Å². The number of aromatic nitrogens is 11. The van der Waals surface area contributed by atoms with Crippen LogP contribution in [0.25, 0.3) is 54.5 Å². The molecule has 6 aromatic carbocycles. The van der Waals surface area contributed by atoms with Gasteiger partial charge in [-0.3, -0.25) is 54.2 Å². The second-order valence-electron chi connectivity index (χ2n) is 27.2. The number of carbonyl (C=O) groups excluding carboxylic acids is 2. The van der Waals surface area contributed by atoms with E-state index in [4.69, 9.17) is 9.26 Å². The maximum Gasteiger partial charge on any atom is 0.301 e. The van der Waals surface area contributed by atoms with E-state index < -0.39 is 40.3 Å². The summed E-state index contributed by atoms with van der Waals surface area (Å²) in [4.78, 5) is 30.4. The van der Waals surface area contributed by atoms with Crippen LogP contribution in [0.2, 0.25) is 0 Å². The Morgan fingerprint density at radius 3 is 1.53 bits per heavy atom. The number of sulfonamides is 3. The maximum atomic E-state index is 12.4. The number of ether oxygens (including phenoxy) is 1. The Kier molecular flexibility index (Phi) is 25.3. The third-order valence-corrected chi connectivity index (χ3v) is 22.9. The molecule has 32 nitrogen and oxygen atoms in total. The van der Waals surface area contributed by atoms with Gasteiger partial charge in [0.05, 0.1) is 106 Å². The number of aromatic amines is 5. The second-order valence-corrected chi connectivity index (χ2v) is 34.5. The number of hydrogen-bond acceptors (Lipinski definition) is 20. The summed E-state index contributed by atoms with van der Waals surface area (Å²) in [6, 6.07) is 33.6. The number of anilines is 6. The number of benzene rings is 6. The summed E-state index contributed by atoms with van der Waals surface area (Å²) >= 11 is 0. The molecular formula is C71H88N20O12S4. The first-order valence-corrected chi connectivity index (χ1v) is 40.5. The van der Waals surface area contributed by atoms with Gasteiger partial charge < -0.3 is 24.8 Å². The number of nitrogens with one attached hydrogen (secondary N) is 10. The molecule has 0 saturated carbocycles. The average molecular weight is 1540 g/mol. The van der Waals surface area contributed by atoms with E-state index in [1.54, 1.807) is 81.2 Å². The minimum atomic E-state index is -3.72. The van der Waals surface area contributed by atoms with Crippen molar-refractivity contribution >= 4 is 147 Å². The van der Waals surface area contributed by atoms with Crippen molar-refractivity contribution in [3.05, 3.63) is 163 Å². The van der Waals surface area contributed by atoms with E-state index in [-0.39, 0.29) is 45.5 Å². The Balaban J connectivity index is 0.000000137. The summed E-state index contributed by atoms with van der Waals surface area (Å²) in [5.41, 5.74) is 11.0. The normalized spacial score (nSPS) is 14.2. The van der Waals surface area contributed by atoms with Gasteiger partial charge in [-0.15, -0.1) is 0 Å². The van der Waals surface area contributed by atoms with Gasteiger partial charge in [0.15, 0.2) is 10.7 Å². The van der Waals surface area contributed by atoms with E-state index in [2.05, 4.69) is 90.8 Å². The van der Waals surface area contributed by atoms with Gasteiger partial charge in [0.1, 0.15) is 5.69 Å². The highest BCUT2D eigenvalue weighted by molar-refractivity contribution is 7.93. The summed E-state index contributed by atoms with van der Waals surface area (Å²) < 4.78 is 115. The zero-order valence-electron chi connectivity index (χ0n) is 60.8. The van der Waals surface area contributed by atoms with Crippen LogP contribution >= 0.6 is 0 Å². The number of carbonyl (C=O) groups is 2. The lowest BCUT2D eigenvalue weighted by molar-refractivity contribution is -0.122. The molecule has 36 heteroatoms. The fourth-order valence-electron chi connectivity index (χ4n) is 11.8. The molecule has 0 unspecified atom stereocenters. The van der Waals surface area contributed by atoms with Gasteiger partial charge in [-0.05, 0) is 110 Å². The van der Waals surface area contributed by atoms with E-state index >= 15 is 0 Å². The van der Waals surface area contributed by atoms with Crippen LogP contribution in [-0.4, -0.2) is 182 Å². The predicted molar refractivity (Wildman–Crippen MR) is 417 cm³/mol. The molecule has 15 rings (SSSR count). The highest BCUT2D eigenvalue weighted by Gasteiger charge is 2.28. The zero-order chi connectivity index (χ0) is 76.8. The predicted octanol–water partition coefficient (Wildman–Crippen LogP) is 10.3. The monoisotopic (exact) mass is 1540 g/mol. The van der Waals surface area contributed by atoms with Crippen molar-refractivity contribution in [2.24, 2.45) is 22.2 Å². The molecule has 9 heterocycles. The van der Waals surface area contributed by atoms with Crippen molar-refractivity contribution in [3.8, 4) is 0 Å². The number of aliphatic imine (C=N–C) groups is 1. The maximum absolute atomic E-state index is 12.4. The molecule has 12 aromatic rings. The molecule has 10 N–H and O–H groups in total. The van der Waals surface area contributed by atoms with E-state index in [1.165, 1.54) is 24.7 Å². The van der Waals surface area contributed by atoms with Gasteiger partial charge in [0.2, 0.25) is 31.9 Å². The second kappa shape index (κ2) is 34.3. The smallest absolute Gasteiger partial charge is 0.301 e. The lowest BCUT2D eigenvalue weighted by atomic mass is 9.92. The third kappa shape index (κ3) is 20.9. The number of piperazine rings is 1. The summed E-state index contributed by atoms with van der Waals surface area (Å²) in [6.07, 6.45) is 13.5. The molecule has 2 amide bonds. The first-order valence-electron chi connectivity index (χ1n) is 34.1. The minimum absolute atomic E-state index is 0.00558. The third-order valence-electron chi connectivity index (χ3n) is 17.0. The van der Waals surface area contributed by atoms with Crippen LogP contribution in [0.1, 0.15) is 76.5 Å². The molecule has 0 atom stereocenters. The quantitative estimate of drug-likeness (QED) is 0.0430. The molecular weight excluding hydrogens is 1450 g/mol. The van der Waals surface area contributed by atoms with Crippen molar-refractivity contribution in [2.75, 3.05) is 95.2 Å². The molecule has 568 valence electrons. The number of nitrogens with zero attached hydrogens (tertiary/aromatic N) is 10. The zero-order valence-corrected chi connectivity index (χ0v) is 64.1. The molecule has 3 aliphatic rings. The van der Waals surface area contributed by atoms with Crippen molar-refractivity contribution < 1.29 is 52.5 Å². The summed E-state index contributed by atoms with van der Waals surface area (Å²) in [7, 11) is -10.6. The lowest BCUT2D eigenvalue weighted by Gasteiger charge is -2.35. The molecule has 3 aliphatic heterocycles. The largest absolute Gasteiger partial charge is 0.381 e. The molecule has 0 bridgehead atoms. The summed E-state index contributed by atoms with van der Waals surface area (Å²) in [6.45, 7) is 17.5. The fraction of sp³-hybridized carbons (Fsp3) is 0.338. The number of H-pyrrole nitrogens is 5. The number of rotatable bonds is 16. The van der Waals surface area contributed by atoms with E-state index in [0.29, 0.717) is 75.1 Å². The lowest BCUT2D eigenvalue weighted by Crippen LogP contribution is -2.48. The Hall–Kier alpha value is -10.6. The standard InChI is InChI=1S/C13H13N3O3S.C13H15N3O2.C13H17N3O.C12H16N4O2S.C11H15N3O2S.C9H12N4O2S/c1-8-13(9(2)19-15-8)20(17,18)16-12-5-3-4-10-6-14-7-11(10)12;17-13(9-4-6-18-7-5-9)15-11-2-1-3-12-10(11)8-14-16-12;1-13(2,3)7-12(17)15-10-5-4-6-11-9(10)8-14-16-11;1-19(17,18)16-7-5-15(6-8-16)12-4-2-3-11-10(12)9-13-14-11;1-8(2)7-17(15,16)14-11-5-3-4-10-9(11)6-12-13-10;1-13(2)16(14,15)12-9-5-3-4-8-7(9)6-10-11-8/h3-5,7,16H,6H2,1-2H3;1-3,8-9H,4-7H2,(H,14,16)(H,15,17);4-6,8H,7H2,1-3H3,(H,14,16)(H,15,17);2-4,9H,5-8H2,1H3,(H,13,14);3-6,8,14H,7H2,1-2H3,(H,12,13);3-6,12H,1-2H3,(H,10,11). The molecule has 2 saturated heterocycles. The molecule has 0 radical (unpaired) electrons. The Morgan fingerprint density at radius 2 is 1.05 bits per heavy atom. The summed E-state index contributed by atoms with van der Waals surface area (Å²) in [5.74, 6) is 0.646. The number of aryl methyl sites for hydroxylation is 2. The molecule has 2 fully saturated rings. The number of fused-ring (bicyclic) bond motifs is 6. The van der Waals surface area contributed by atoms with E-state index in [1.807, 2.05) is 114 Å². The molecule has 6 aromatic heterocycles. The highest BCUT2D eigenvalue weighted by Crippen LogP contribution is 2.31.